The Morgan fingerprint density at radius 2 is 1.79 bits per heavy atom. The molecule has 3 rings (SSSR count). The molecule has 0 aromatic heterocycles. The van der Waals surface area contributed by atoms with Crippen LogP contribution in [0.2, 0.25) is 0 Å². The number of benzene rings is 2. The lowest BCUT2D eigenvalue weighted by Gasteiger charge is -2.38. The minimum absolute atomic E-state index is 0.163. The van der Waals surface area contributed by atoms with Crippen LogP contribution in [0.1, 0.15) is 18.4 Å². The number of piperazine rings is 1. The third kappa shape index (κ3) is 4.55. The van der Waals surface area contributed by atoms with Gasteiger partial charge in [-0.25, -0.2) is 4.39 Å². The summed E-state index contributed by atoms with van der Waals surface area (Å²) in [6.07, 6.45) is 0. The number of para-hydroxylation sites is 2. The Balaban J connectivity index is 1.56. The van der Waals surface area contributed by atoms with Gasteiger partial charge in [-0.1, -0.05) is 37.3 Å². The second kappa shape index (κ2) is 9.44. The molecule has 0 bridgehead atoms. The summed E-state index contributed by atoms with van der Waals surface area (Å²) in [4.78, 5) is 8.77. The molecular weight excluding hydrogens is 355 g/mol. The first kappa shape index (κ1) is 20.0. The van der Waals surface area contributed by atoms with E-state index in [4.69, 9.17) is 4.74 Å². The van der Waals surface area contributed by atoms with Crippen molar-refractivity contribution >= 4 is 11.6 Å². The average Bonchev–Trinajstić information content (AvgIpc) is 2.75. The van der Waals surface area contributed by atoms with Crippen molar-refractivity contribution < 1.29 is 9.13 Å². The summed E-state index contributed by atoms with van der Waals surface area (Å²) in [5.74, 6) is 1.91. The predicted octanol–water partition coefficient (Wildman–Crippen LogP) is 3.34. The molecule has 0 radical (unpaired) electrons. The number of hydrogen-bond donors (Lipinski definition) is 1. The number of nitrogens with zero attached hydrogens (tertiary/aromatic N) is 3. The second-order valence-corrected chi connectivity index (χ2v) is 7.00. The van der Waals surface area contributed by atoms with Crippen LogP contribution in [0.25, 0.3) is 0 Å². The normalized spacial score (nSPS) is 16.1. The van der Waals surface area contributed by atoms with Crippen LogP contribution in [0.4, 0.5) is 10.1 Å². The van der Waals surface area contributed by atoms with E-state index in [1.807, 2.05) is 30.3 Å². The number of anilines is 1. The van der Waals surface area contributed by atoms with Crippen molar-refractivity contribution in [2.75, 3.05) is 51.8 Å². The van der Waals surface area contributed by atoms with Gasteiger partial charge in [-0.3, -0.25) is 4.99 Å². The highest BCUT2D eigenvalue weighted by Crippen LogP contribution is 2.25. The summed E-state index contributed by atoms with van der Waals surface area (Å²) in [6.45, 7) is 6.08. The molecule has 1 aliphatic heterocycles. The van der Waals surface area contributed by atoms with Gasteiger partial charge in [-0.15, -0.1) is 0 Å². The smallest absolute Gasteiger partial charge is 0.193 e. The molecule has 1 saturated heterocycles. The Morgan fingerprint density at radius 3 is 2.46 bits per heavy atom. The van der Waals surface area contributed by atoms with Crippen LogP contribution in [0.5, 0.6) is 5.75 Å². The highest BCUT2D eigenvalue weighted by atomic mass is 19.1. The van der Waals surface area contributed by atoms with E-state index >= 15 is 0 Å². The third-order valence-corrected chi connectivity index (χ3v) is 5.22. The lowest BCUT2D eigenvalue weighted by atomic mass is 10.0. The number of hydrogen-bond acceptors (Lipinski definition) is 3. The molecule has 1 fully saturated rings. The Morgan fingerprint density at radius 1 is 1.11 bits per heavy atom. The van der Waals surface area contributed by atoms with Gasteiger partial charge < -0.3 is 19.9 Å². The van der Waals surface area contributed by atoms with Crippen molar-refractivity contribution in [3.8, 4) is 5.75 Å². The first-order chi connectivity index (χ1) is 13.6. The predicted molar refractivity (Wildman–Crippen MR) is 113 cm³/mol. The molecule has 28 heavy (non-hydrogen) atoms. The van der Waals surface area contributed by atoms with Crippen molar-refractivity contribution in [2.24, 2.45) is 4.99 Å². The van der Waals surface area contributed by atoms with Crippen LogP contribution >= 0.6 is 0 Å². The van der Waals surface area contributed by atoms with Gasteiger partial charge >= 0.3 is 0 Å². The topological polar surface area (TPSA) is 40.1 Å². The van der Waals surface area contributed by atoms with Crippen molar-refractivity contribution in [3.05, 3.63) is 59.9 Å². The highest BCUT2D eigenvalue weighted by molar-refractivity contribution is 5.80. The monoisotopic (exact) mass is 384 g/mol. The standard InChI is InChI=1S/C22H29FN4O/c1-17(18-8-4-7-11-21(18)28-3)16-25-22(24-2)27-14-12-26(13-15-27)20-10-6-5-9-19(20)23/h4-11,17H,12-16H2,1-3H3,(H,24,25). The first-order valence-electron chi connectivity index (χ1n) is 9.72. The molecule has 0 aliphatic carbocycles. The van der Waals surface area contributed by atoms with Gasteiger partial charge in [0.15, 0.2) is 5.96 Å². The number of aliphatic imine (C=N–C) groups is 1. The lowest BCUT2D eigenvalue weighted by Crippen LogP contribution is -2.53. The van der Waals surface area contributed by atoms with Gasteiger partial charge in [-0.2, -0.15) is 0 Å². The van der Waals surface area contributed by atoms with Crippen LogP contribution in [0.15, 0.2) is 53.5 Å². The molecule has 1 unspecified atom stereocenters. The Hall–Kier alpha value is -2.76. The molecule has 2 aromatic carbocycles. The van der Waals surface area contributed by atoms with E-state index in [1.54, 1.807) is 20.2 Å². The summed E-state index contributed by atoms with van der Waals surface area (Å²) in [6, 6.07) is 15.1. The summed E-state index contributed by atoms with van der Waals surface area (Å²) >= 11 is 0. The van der Waals surface area contributed by atoms with Crippen molar-refractivity contribution in [1.82, 2.24) is 10.2 Å². The maximum atomic E-state index is 14.0. The van der Waals surface area contributed by atoms with E-state index in [9.17, 15) is 4.39 Å². The number of guanidine groups is 1. The number of nitrogens with one attached hydrogen (secondary N) is 1. The molecular formula is C22H29FN4O. The SMILES string of the molecule is CN=C(NCC(C)c1ccccc1OC)N1CCN(c2ccccc2F)CC1. The van der Waals surface area contributed by atoms with E-state index < -0.39 is 0 Å². The highest BCUT2D eigenvalue weighted by Gasteiger charge is 2.22. The molecule has 5 nitrogen and oxygen atoms in total. The van der Waals surface area contributed by atoms with E-state index in [1.165, 1.54) is 11.6 Å². The minimum Gasteiger partial charge on any atom is -0.496 e. The largest absolute Gasteiger partial charge is 0.496 e. The van der Waals surface area contributed by atoms with E-state index in [0.29, 0.717) is 5.69 Å². The lowest BCUT2D eigenvalue weighted by molar-refractivity contribution is 0.369. The maximum Gasteiger partial charge on any atom is 0.193 e. The van der Waals surface area contributed by atoms with E-state index in [2.05, 4.69) is 33.1 Å². The van der Waals surface area contributed by atoms with Gasteiger partial charge in [-0.05, 0) is 23.8 Å². The zero-order valence-corrected chi connectivity index (χ0v) is 16.9. The second-order valence-electron chi connectivity index (χ2n) is 7.00. The molecule has 2 aromatic rings. The number of methoxy groups -OCH3 is 1. The van der Waals surface area contributed by atoms with Gasteiger partial charge in [0.05, 0.1) is 12.8 Å². The fourth-order valence-electron chi connectivity index (χ4n) is 3.63. The Kier molecular flexibility index (Phi) is 6.74. The van der Waals surface area contributed by atoms with Crippen LogP contribution in [0.3, 0.4) is 0 Å². The van der Waals surface area contributed by atoms with Crippen LogP contribution in [0, 0.1) is 5.82 Å². The molecule has 1 aliphatic rings. The molecule has 150 valence electrons. The quantitative estimate of drug-likeness (QED) is 0.634. The van der Waals surface area contributed by atoms with Gasteiger partial charge in [0.25, 0.3) is 0 Å². The first-order valence-corrected chi connectivity index (χ1v) is 9.72. The van der Waals surface area contributed by atoms with E-state index in [0.717, 1.165) is 44.4 Å². The average molecular weight is 384 g/mol. The molecule has 0 amide bonds. The van der Waals surface area contributed by atoms with Crippen molar-refractivity contribution in [2.45, 2.75) is 12.8 Å². The van der Waals surface area contributed by atoms with Gasteiger partial charge in [0.1, 0.15) is 11.6 Å². The summed E-state index contributed by atoms with van der Waals surface area (Å²) in [5, 5.41) is 3.48. The summed E-state index contributed by atoms with van der Waals surface area (Å²) in [7, 11) is 3.51. The zero-order chi connectivity index (χ0) is 19.9. The van der Waals surface area contributed by atoms with Gasteiger partial charge in [0.2, 0.25) is 0 Å². The zero-order valence-electron chi connectivity index (χ0n) is 16.9. The van der Waals surface area contributed by atoms with Crippen LogP contribution in [-0.4, -0.2) is 57.7 Å². The number of rotatable bonds is 5. The summed E-state index contributed by atoms with van der Waals surface area (Å²) in [5.41, 5.74) is 1.85. The summed E-state index contributed by atoms with van der Waals surface area (Å²) < 4.78 is 19.5. The van der Waals surface area contributed by atoms with Crippen LogP contribution in [-0.2, 0) is 0 Å². The minimum atomic E-state index is -0.163. The molecule has 1 N–H and O–H groups in total. The van der Waals surface area contributed by atoms with Crippen molar-refractivity contribution in [3.63, 3.8) is 0 Å². The van der Waals surface area contributed by atoms with Crippen LogP contribution < -0.4 is 15.0 Å². The Bertz CT molecular complexity index is 803. The van der Waals surface area contributed by atoms with E-state index in [-0.39, 0.29) is 11.7 Å². The molecule has 0 spiro atoms. The third-order valence-electron chi connectivity index (χ3n) is 5.22. The van der Waals surface area contributed by atoms with Gasteiger partial charge in [0, 0.05) is 45.7 Å². The Labute approximate surface area is 166 Å². The fourth-order valence-corrected chi connectivity index (χ4v) is 3.63. The maximum absolute atomic E-state index is 14.0. The molecule has 0 saturated carbocycles. The molecule has 1 atom stereocenters. The number of halogens is 1. The number of ether oxygens (including phenoxy) is 1. The fraction of sp³-hybridized carbons (Fsp3) is 0.409. The molecule has 6 heteroatoms. The van der Waals surface area contributed by atoms with Crippen molar-refractivity contribution in [1.29, 1.82) is 0 Å². The molecule has 1 heterocycles.